The van der Waals surface area contributed by atoms with Crippen molar-refractivity contribution in [2.75, 3.05) is 40.0 Å². The minimum Gasteiger partial charge on any atom is -0.465 e. The van der Waals surface area contributed by atoms with Crippen LogP contribution in [0.2, 0.25) is 0 Å². The molecule has 0 bridgehead atoms. The number of hydrogen-bond acceptors (Lipinski definition) is 7. The quantitative estimate of drug-likeness (QED) is 0.343. The minimum absolute atomic E-state index is 0.0416. The van der Waals surface area contributed by atoms with Crippen LogP contribution in [-0.2, 0) is 23.8 Å². The monoisotopic (exact) mass is 488 g/mol. The van der Waals surface area contributed by atoms with Gasteiger partial charge in [-0.3, -0.25) is 9.59 Å². The third kappa shape index (κ3) is 7.05. The topological polar surface area (TPSA) is 114 Å². The molecule has 1 aromatic rings. The van der Waals surface area contributed by atoms with Gasteiger partial charge in [0.25, 0.3) is 5.91 Å². The maximum absolute atomic E-state index is 12.9. The Morgan fingerprint density at radius 1 is 1.23 bits per heavy atom. The lowest BCUT2D eigenvalue weighted by Gasteiger charge is -2.37. The first-order valence-electron chi connectivity index (χ1n) is 12.3. The van der Waals surface area contributed by atoms with E-state index in [2.05, 4.69) is 5.32 Å². The number of hydrogen-bond donors (Lipinski definition) is 2. The number of ether oxygens (including phenoxy) is 3. The summed E-state index contributed by atoms with van der Waals surface area (Å²) in [6, 6.07) is 7.08. The van der Waals surface area contributed by atoms with Gasteiger partial charge < -0.3 is 29.5 Å². The van der Waals surface area contributed by atoms with E-state index < -0.39 is 12.3 Å². The predicted octanol–water partition coefficient (Wildman–Crippen LogP) is 2.35. The number of carbonyl (C=O) groups is 3. The molecule has 2 N–H and O–H groups in total. The summed E-state index contributed by atoms with van der Waals surface area (Å²) < 4.78 is 16.6. The summed E-state index contributed by atoms with van der Waals surface area (Å²) in [5.74, 6) is -0.726. The number of rotatable bonds is 12. The molecule has 2 aliphatic heterocycles. The number of esters is 1. The molecule has 2 aliphatic rings. The van der Waals surface area contributed by atoms with Gasteiger partial charge in [0, 0.05) is 51.1 Å². The number of allylic oxidation sites excluding steroid dienone is 1. The smallest absolute Gasteiger partial charge is 0.337 e. The van der Waals surface area contributed by atoms with E-state index in [9.17, 15) is 19.5 Å². The maximum atomic E-state index is 12.9. The van der Waals surface area contributed by atoms with Crippen LogP contribution in [0.4, 0.5) is 0 Å². The van der Waals surface area contributed by atoms with Crippen molar-refractivity contribution < 1.29 is 33.7 Å². The van der Waals surface area contributed by atoms with Crippen molar-refractivity contribution in [1.82, 2.24) is 10.2 Å². The van der Waals surface area contributed by atoms with Crippen LogP contribution in [0.1, 0.15) is 60.9 Å². The normalized spacial score (nSPS) is 21.9. The highest BCUT2D eigenvalue weighted by atomic mass is 16.7. The molecular formula is C26H36N2O7. The van der Waals surface area contributed by atoms with Crippen molar-refractivity contribution in [2.24, 2.45) is 5.92 Å². The van der Waals surface area contributed by atoms with Crippen LogP contribution in [-0.4, -0.2) is 74.0 Å². The lowest BCUT2D eigenvalue weighted by atomic mass is 9.80. The van der Waals surface area contributed by atoms with Crippen molar-refractivity contribution in [1.29, 1.82) is 0 Å². The highest BCUT2D eigenvalue weighted by Gasteiger charge is 2.37. The molecule has 0 saturated carbocycles. The Hall–Kier alpha value is -2.91. The Bertz CT molecular complexity index is 899. The molecule has 9 nitrogen and oxygen atoms in total. The zero-order chi connectivity index (χ0) is 25.2. The zero-order valence-corrected chi connectivity index (χ0v) is 20.5. The van der Waals surface area contributed by atoms with E-state index >= 15 is 0 Å². The molecule has 1 saturated heterocycles. The number of carbonyl (C=O) groups excluding carboxylic acids is 3. The molecule has 1 aromatic carbocycles. The van der Waals surface area contributed by atoms with E-state index in [1.165, 1.54) is 7.11 Å². The molecule has 9 heteroatoms. The molecule has 35 heavy (non-hydrogen) atoms. The van der Waals surface area contributed by atoms with Crippen LogP contribution >= 0.6 is 0 Å². The Balaban J connectivity index is 1.75. The number of methoxy groups -OCH3 is 1. The van der Waals surface area contributed by atoms with E-state index in [1.54, 1.807) is 18.2 Å². The maximum Gasteiger partial charge on any atom is 0.337 e. The number of benzene rings is 1. The van der Waals surface area contributed by atoms with Gasteiger partial charge in [0.15, 0.2) is 5.76 Å². The highest BCUT2D eigenvalue weighted by Crippen LogP contribution is 2.39. The van der Waals surface area contributed by atoms with Crippen molar-refractivity contribution in [2.45, 2.75) is 51.2 Å². The van der Waals surface area contributed by atoms with Crippen molar-refractivity contribution in [3.63, 3.8) is 0 Å². The summed E-state index contributed by atoms with van der Waals surface area (Å²) in [5.41, 5.74) is 1.35. The Labute approximate surface area is 206 Å². The summed E-state index contributed by atoms with van der Waals surface area (Å²) >= 11 is 0. The van der Waals surface area contributed by atoms with Crippen LogP contribution in [0.25, 0.3) is 0 Å². The van der Waals surface area contributed by atoms with E-state index in [0.717, 1.165) is 18.5 Å². The van der Waals surface area contributed by atoms with Gasteiger partial charge in [-0.1, -0.05) is 12.1 Å². The highest BCUT2D eigenvalue weighted by molar-refractivity contribution is 5.92. The molecule has 0 aromatic heterocycles. The van der Waals surface area contributed by atoms with Crippen LogP contribution in [0.5, 0.6) is 0 Å². The average Bonchev–Trinajstić information content (AvgIpc) is 3.29. The van der Waals surface area contributed by atoms with E-state index in [0.29, 0.717) is 50.9 Å². The first-order chi connectivity index (χ1) is 17.0. The zero-order valence-electron chi connectivity index (χ0n) is 20.5. The van der Waals surface area contributed by atoms with E-state index in [-0.39, 0.29) is 36.0 Å². The van der Waals surface area contributed by atoms with Crippen LogP contribution in [0.3, 0.4) is 0 Å². The minimum atomic E-state index is -0.648. The first-order valence-corrected chi connectivity index (χ1v) is 12.3. The molecule has 1 fully saturated rings. The Morgan fingerprint density at radius 3 is 2.63 bits per heavy atom. The summed E-state index contributed by atoms with van der Waals surface area (Å²) in [5, 5.41) is 12.3. The predicted molar refractivity (Wildman–Crippen MR) is 128 cm³/mol. The third-order valence-electron chi connectivity index (χ3n) is 6.41. The fraction of sp³-hybridized carbons (Fsp3) is 0.577. The first kappa shape index (κ1) is 26.7. The largest absolute Gasteiger partial charge is 0.465 e. The average molecular weight is 489 g/mol. The molecule has 0 aliphatic carbocycles. The van der Waals surface area contributed by atoms with Crippen molar-refractivity contribution in [3.8, 4) is 0 Å². The second-order valence-electron chi connectivity index (χ2n) is 8.74. The van der Waals surface area contributed by atoms with Gasteiger partial charge in [-0.2, -0.15) is 0 Å². The van der Waals surface area contributed by atoms with Gasteiger partial charge in [-0.15, -0.1) is 0 Å². The number of nitrogens with one attached hydrogen (secondary N) is 1. The molecule has 3 atom stereocenters. The number of amides is 2. The molecule has 0 unspecified atom stereocenters. The number of aliphatic hydroxyl groups is 1. The molecule has 0 radical (unpaired) electrons. The third-order valence-corrected chi connectivity index (χ3v) is 6.41. The molecule has 2 amide bonds. The van der Waals surface area contributed by atoms with Gasteiger partial charge in [0.1, 0.15) is 0 Å². The van der Waals surface area contributed by atoms with Crippen LogP contribution in [0.15, 0.2) is 36.1 Å². The second kappa shape index (κ2) is 13.3. The van der Waals surface area contributed by atoms with Gasteiger partial charge in [-0.05, 0) is 56.4 Å². The van der Waals surface area contributed by atoms with Crippen molar-refractivity contribution in [3.05, 3.63) is 47.2 Å². The summed E-state index contributed by atoms with van der Waals surface area (Å²) in [6.07, 6.45) is 4.51. The van der Waals surface area contributed by atoms with Crippen LogP contribution in [0, 0.1) is 5.92 Å². The standard InChI is InChI=1S/C26H36N2O7/c1-3-34-26-20(7-5-16-29)21(18-9-11-19(12-10-18)25(32)33-2)17-22(35-26)24(31)27-13-6-15-28-14-4-8-23(28)30/h9-12,17,20-21,26,29H,3-8,13-16H2,1-2H3,(H,27,31)/t20-,21-,26-/m0/s1. The lowest BCUT2D eigenvalue weighted by molar-refractivity contribution is -0.166. The van der Waals surface area contributed by atoms with Gasteiger partial charge in [0.2, 0.25) is 12.2 Å². The number of nitrogens with zero attached hydrogens (tertiary/aromatic N) is 1. The molecule has 2 heterocycles. The fourth-order valence-electron chi connectivity index (χ4n) is 4.60. The molecule has 0 spiro atoms. The SMILES string of the molecule is CCO[C@H]1OC(C(=O)NCCCN2CCCC2=O)=C[C@@H](c2ccc(C(=O)OC)cc2)[C@@H]1CCCO. The van der Waals surface area contributed by atoms with Gasteiger partial charge in [-0.25, -0.2) is 4.79 Å². The second-order valence-corrected chi connectivity index (χ2v) is 8.74. The Kier molecular flexibility index (Phi) is 10.1. The van der Waals surface area contributed by atoms with Crippen molar-refractivity contribution >= 4 is 17.8 Å². The summed E-state index contributed by atoms with van der Waals surface area (Å²) in [4.78, 5) is 38.4. The van der Waals surface area contributed by atoms with Gasteiger partial charge in [0.05, 0.1) is 12.7 Å². The van der Waals surface area contributed by atoms with Crippen LogP contribution < -0.4 is 5.32 Å². The number of aliphatic hydroxyl groups excluding tert-OH is 1. The molecular weight excluding hydrogens is 452 g/mol. The number of likely N-dealkylation sites (tertiary alicyclic amines) is 1. The summed E-state index contributed by atoms with van der Waals surface area (Å²) in [6.45, 7) is 4.15. The molecule has 3 rings (SSSR count). The van der Waals surface area contributed by atoms with E-state index in [4.69, 9.17) is 14.2 Å². The fourth-order valence-corrected chi connectivity index (χ4v) is 4.60. The van der Waals surface area contributed by atoms with E-state index in [1.807, 2.05) is 24.0 Å². The lowest BCUT2D eigenvalue weighted by Crippen LogP contribution is -2.39. The summed E-state index contributed by atoms with van der Waals surface area (Å²) in [7, 11) is 1.34. The Morgan fingerprint density at radius 2 is 2.00 bits per heavy atom. The molecule has 192 valence electrons. The van der Waals surface area contributed by atoms with Gasteiger partial charge >= 0.3 is 5.97 Å².